The van der Waals surface area contributed by atoms with E-state index < -0.39 is 0 Å². The number of likely N-dealkylation sites (tertiary alicyclic amines) is 1. The van der Waals surface area contributed by atoms with E-state index in [9.17, 15) is 0 Å². The van der Waals surface area contributed by atoms with E-state index in [1.807, 2.05) is 14.0 Å². The van der Waals surface area contributed by atoms with Crippen molar-refractivity contribution in [1.29, 1.82) is 0 Å². The molecule has 1 atom stereocenters. The Labute approximate surface area is 187 Å². The molecule has 0 bridgehead atoms. The van der Waals surface area contributed by atoms with Gasteiger partial charge >= 0.3 is 0 Å². The Balaban J connectivity index is 0.00000392. The summed E-state index contributed by atoms with van der Waals surface area (Å²) in [6.07, 6.45) is 3.43. The van der Waals surface area contributed by atoms with Gasteiger partial charge in [0.1, 0.15) is 0 Å². The number of piperidine rings is 1. The number of nitrogens with one attached hydrogen (secondary N) is 1. The number of halogens is 1. The molecule has 162 valence electrons. The van der Waals surface area contributed by atoms with Crippen LogP contribution in [0.3, 0.4) is 0 Å². The van der Waals surface area contributed by atoms with E-state index >= 15 is 0 Å². The maximum absolute atomic E-state index is 5.95. The van der Waals surface area contributed by atoms with Crippen molar-refractivity contribution in [2.45, 2.75) is 52.7 Å². The summed E-state index contributed by atoms with van der Waals surface area (Å²) in [6.45, 7) is 11.7. The maximum atomic E-state index is 5.95. The van der Waals surface area contributed by atoms with E-state index in [0.717, 1.165) is 70.3 Å². The van der Waals surface area contributed by atoms with Crippen LogP contribution in [0.15, 0.2) is 11.1 Å². The lowest BCUT2D eigenvalue weighted by molar-refractivity contribution is 0.00988. The van der Waals surface area contributed by atoms with Gasteiger partial charge in [-0.15, -0.1) is 24.0 Å². The average molecular weight is 507 g/mol. The Morgan fingerprint density at radius 2 is 2.04 bits per heavy atom. The number of nitrogens with zero attached hydrogens (tertiary/aromatic N) is 4. The Morgan fingerprint density at radius 1 is 1.32 bits per heavy atom. The molecule has 1 aliphatic heterocycles. The molecule has 1 unspecified atom stereocenters. The van der Waals surface area contributed by atoms with Crippen molar-refractivity contribution >= 4 is 29.9 Å². The first kappa shape index (κ1) is 25.2. The van der Waals surface area contributed by atoms with Crippen LogP contribution in [-0.4, -0.2) is 73.7 Å². The molecule has 0 spiro atoms. The lowest BCUT2D eigenvalue weighted by atomic mass is 10.1. The first-order valence-corrected chi connectivity index (χ1v) is 10.1. The third-order valence-electron chi connectivity index (χ3n) is 5.00. The summed E-state index contributed by atoms with van der Waals surface area (Å²) in [5.74, 6) is 1.47. The highest BCUT2D eigenvalue weighted by Crippen LogP contribution is 2.14. The van der Waals surface area contributed by atoms with E-state index in [2.05, 4.69) is 44.9 Å². The van der Waals surface area contributed by atoms with Crippen LogP contribution in [0.5, 0.6) is 0 Å². The van der Waals surface area contributed by atoms with Gasteiger partial charge in [-0.05, 0) is 45.1 Å². The molecule has 0 aliphatic carbocycles. The zero-order valence-electron chi connectivity index (χ0n) is 18.1. The third kappa shape index (κ3) is 8.24. The van der Waals surface area contributed by atoms with Gasteiger partial charge in [0, 0.05) is 59.2 Å². The minimum atomic E-state index is 0. The summed E-state index contributed by atoms with van der Waals surface area (Å²) in [4.78, 5) is 6.81. The molecule has 0 amide bonds. The van der Waals surface area contributed by atoms with Crippen LogP contribution in [-0.2, 0) is 16.0 Å². The summed E-state index contributed by atoms with van der Waals surface area (Å²) in [5.41, 5.74) is 2.30. The molecule has 0 saturated carbocycles. The molecule has 1 fully saturated rings. The number of aliphatic imine (C=N–C) groups is 1. The first-order chi connectivity index (χ1) is 13.0. The minimum absolute atomic E-state index is 0. The zero-order chi connectivity index (χ0) is 19.6. The van der Waals surface area contributed by atoms with Crippen LogP contribution in [0, 0.1) is 19.8 Å². The van der Waals surface area contributed by atoms with E-state index in [1.54, 1.807) is 7.11 Å². The van der Waals surface area contributed by atoms with Crippen LogP contribution in [0.4, 0.5) is 0 Å². The number of rotatable bonds is 9. The number of aryl methyl sites for hydroxylation is 2. The van der Waals surface area contributed by atoms with E-state index in [0.29, 0.717) is 12.0 Å². The van der Waals surface area contributed by atoms with Crippen molar-refractivity contribution < 1.29 is 9.47 Å². The summed E-state index contributed by atoms with van der Waals surface area (Å²) < 4.78 is 13.1. The van der Waals surface area contributed by atoms with Gasteiger partial charge in [-0.1, -0.05) is 6.92 Å². The van der Waals surface area contributed by atoms with Crippen LogP contribution >= 0.6 is 24.0 Å². The normalized spacial score (nSPS) is 16.8. The molecule has 1 aromatic heterocycles. The van der Waals surface area contributed by atoms with Gasteiger partial charge in [0.05, 0.1) is 11.8 Å². The third-order valence-corrected chi connectivity index (χ3v) is 5.00. The molecule has 1 aromatic rings. The lowest BCUT2D eigenvalue weighted by Gasteiger charge is -2.34. The first-order valence-electron chi connectivity index (χ1n) is 10.1. The van der Waals surface area contributed by atoms with Crippen molar-refractivity contribution in [3.63, 3.8) is 0 Å². The molecule has 1 saturated heterocycles. The fraction of sp³-hybridized carbons (Fsp3) is 0.800. The second-order valence-corrected chi connectivity index (χ2v) is 7.55. The second kappa shape index (κ2) is 13.4. The molecule has 1 aliphatic rings. The smallest absolute Gasteiger partial charge is 0.193 e. The van der Waals surface area contributed by atoms with Gasteiger partial charge in [-0.2, -0.15) is 5.10 Å². The highest BCUT2D eigenvalue weighted by atomic mass is 127. The minimum Gasteiger partial charge on any atom is -0.385 e. The van der Waals surface area contributed by atoms with Gasteiger partial charge < -0.3 is 19.7 Å². The van der Waals surface area contributed by atoms with Crippen molar-refractivity contribution in [3.8, 4) is 0 Å². The van der Waals surface area contributed by atoms with Crippen LogP contribution < -0.4 is 5.32 Å². The van der Waals surface area contributed by atoms with Crippen LogP contribution in [0.1, 0.15) is 37.6 Å². The molecule has 7 nitrogen and oxygen atoms in total. The van der Waals surface area contributed by atoms with E-state index in [1.165, 1.54) is 5.69 Å². The molecule has 2 rings (SSSR count). The SMILES string of the molecule is CN=C(NCC(C)Cn1nc(C)cc1C)N1CCC(OCCCOC)CC1.I. The highest BCUT2D eigenvalue weighted by Gasteiger charge is 2.22. The quantitative estimate of drug-likeness (QED) is 0.241. The molecular formula is C20H38IN5O2. The largest absolute Gasteiger partial charge is 0.385 e. The molecule has 0 aromatic carbocycles. The number of aromatic nitrogens is 2. The number of hydrogen-bond donors (Lipinski definition) is 1. The van der Waals surface area contributed by atoms with Gasteiger partial charge in [0.15, 0.2) is 5.96 Å². The standard InChI is InChI=1S/C20H37N5O2.HI/c1-16(15-25-18(3)13-17(2)23-25)14-22-20(21-4)24-9-7-19(8-10-24)27-12-6-11-26-5;/h13,16,19H,6-12,14-15H2,1-5H3,(H,21,22);1H. The van der Waals surface area contributed by atoms with Gasteiger partial charge in [-0.3, -0.25) is 9.67 Å². The van der Waals surface area contributed by atoms with Gasteiger partial charge in [0.25, 0.3) is 0 Å². The molecule has 1 N–H and O–H groups in total. The number of ether oxygens (including phenoxy) is 2. The zero-order valence-corrected chi connectivity index (χ0v) is 20.4. The Bertz CT molecular complexity index is 585. The predicted octanol–water partition coefficient (Wildman–Crippen LogP) is 2.85. The van der Waals surface area contributed by atoms with Crippen molar-refractivity contribution in [1.82, 2.24) is 20.0 Å². The van der Waals surface area contributed by atoms with Crippen molar-refractivity contribution in [3.05, 3.63) is 17.5 Å². The van der Waals surface area contributed by atoms with Gasteiger partial charge in [-0.25, -0.2) is 0 Å². The van der Waals surface area contributed by atoms with E-state index in [-0.39, 0.29) is 24.0 Å². The lowest BCUT2D eigenvalue weighted by Crippen LogP contribution is -2.48. The van der Waals surface area contributed by atoms with Crippen LogP contribution in [0.25, 0.3) is 0 Å². The van der Waals surface area contributed by atoms with Gasteiger partial charge in [0.2, 0.25) is 0 Å². The summed E-state index contributed by atoms with van der Waals surface area (Å²) >= 11 is 0. The molecule has 2 heterocycles. The Morgan fingerprint density at radius 3 is 2.61 bits per heavy atom. The highest BCUT2D eigenvalue weighted by molar-refractivity contribution is 14.0. The topological polar surface area (TPSA) is 63.9 Å². The fourth-order valence-corrected chi connectivity index (χ4v) is 3.50. The van der Waals surface area contributed by atoms with Crippen LogP contribution in [0.2, 0.25) is 0 Å². The number of methoxy groups -OCH3 is 1. The second-order valence-electron chi connectivity index (χ2n) is 7.55. The number of hydrogen-bond acceptors (Lipinski definition) is 4. The average Bonchev–Trinajstić information content (AvgIpc) is 2.97. The fourth-order valence-electron chi connectivity index (χ4n) is 3.50. The molecule has 8 heteroatoms. The monoisotopic (exact) mass is 507 g/mol. The molecule has 28 heavy (non-hydrogen) atoms. The molecule has 0 radical (unpaired) electrons. The Kier molecular flexibility index (Phi) is 12.0. The predicted molar refractivity (Wildman–Crippen MR) is 125 cm³/mol. The maximum Gasteiger partial charge on any atom is 0.193 e. The summed E-state index contributed by atoms with van der Waals surface area (Å²) in [7, 11) is 3.59. The Hall–Kier alpha value is -0.870. The summed E-state index contributed by atoms with van der Waals surface area (Å²) in [6, 6.07) is 2.13. The number of guanidine groups is 1. The van der Waals surface area contributed by atoms with Crippen molar-refractivity contribution in [2.75, 3.05) is 47.0 Å². The van der Waals surface area contributed by atoms with E-state index in [4.69, 9.17) is 9.47 Å². The molecular weight excluding hydrogens is 469 g/mol. The van der Waals surface area contributed by atoms with Crippen molar-refractivity contribution in [2.24, 2.45) is 10.9 Å². The summed E-state index contributed by atoms with van der Waals surface area (Å²) in [5, 5.41) is 8.10.